The van der Waals surface area contributed by atoms with Gasteiger partial charge in [0.15, 0.2) is 11.6 Å². The molecule has 32 heavy (non-hydrogen) atoms. The monoisotopic (exact) mass is 431 g/mol. The van der Waals surface area contributed by atoms with E-state index in [1.54, 1.807) is 18.3 Å². The maximum atomic E-state index is 13.4. The third kappa shape index (κ3) is 3.33. The van der Waals surface area contributed by atoms with Crippen molar-refractivity contribution in [2.75, 3.05) is 5.32 Å². The van der Waals surface area contributed by atoms with Crippen LogP contribution in [-0.2, 0) is 16.0 Å². The number of aromatic nitrogens is 2. The molecule has 0 spiro atoms. The predicted octanol–water partition coefficient (Wildman–Crippen LogP) is 4.60. The molecule has 5 rings (SSSR count). The Labute approximate surface area is 188 Å². The SMILES string of the molecule is C[C@]12CCC3c4ccccc4CCC3C1[C@H](CCC(=O)Nc1cccnn1)/C(=C/O)C2=O. The molecule has 2 saturated carbocycles. The number of hydrogen-bond acceptors (Lipinski definition) is 5. The van der Waals surface area contributed by atoms with Gasteiger partial charge in [0, 0.05) is 23.6 Å². The average Bonchev–Trinajstić information content (AvgIpc) is 3.04. The number of nitrogens with one attached hydrogen (secondary N) is 1. The molecule has 2 N–H and O–H groups in total. The minimum Gasteiger partial charge on any atom is -0.515 e. The van der Waals surface area contributed by atoms with Crippen LogP contribution in [0.1, 0.15) is 56.1 Å². The number of amides is 1. The zero-order valence-electron chi connectivity index (χ0n) is 18.3. The van der Waals surface area contributed by atoms with E-state index < -0.39 is 5.41 Å². The van der Waals surface area contributed by atoms with Crippen molar-refractivity contribution >= 4 is 17.5 Å². The standard InChI is InChI=1S/C26H29N3O3/c1-26-13-12-18-17-6-3-2-5-16(17)8-9-19(18)24(26)20(21(15-30)25(26)32)10-11-23(31)28-22-7-4-14-27-29-22/h2-7,14-15,18-20,24,30H,8-13H2,1H3,(H,28,29,31)/b21-15-/t18?,19?,20-,24?,26+/m1/s1. The van der Waals surface area contributed by atoms with Gasteiger partial charge < -0.3 is 10.4 Å². The van der Waals surface area contributed by atoms with Crippen LogP contribution >= 0.6 is 0 Å². The third-order valence-corrected chi connectivity index (χ3v) is 8.17. The van der Waals surface area contributed by atoms with Crippen LogP contribution in [0.2, 0.25) is 0 Å². The zero-order valence-corrected chi connectivity index (χ0v) is 18.3. The summed E-state index contributed by atoms with van der Waals surface area (Å²) in [5.74, 6) is 1.21. The second-order valence-electron chi connectivity index (χ2n) is 9.71. The van der Waals surface area contributed by atoms with Crippen molar-refractivity contribution < 1.29 is 14.7 Å². The topological polar surface area (TPSA) is 92.2 Å². The van der Waals surface area contributed by atoms with Crippen LogP contribution in [0.4, 0.5) is 5.82 Å². The minimum absolute atomic E-state index is 0.0710. The number of carbonyl (C=O) groups excluding carboxylic acids is 2. The first kappa shape index (κ1) is 20.9. The molecule has 2 fully saturated rings. The zero-order chi connectivity index (χ0) is 22.3. The molecular formula is C26H29N3O3. The summed E-state index contributed by atoms with van der Waals surface area (Å²) in [6.45, 7) is 2.08. The first-order valence-corrected chi connectivity index (χ1v) is 11.6. The Kier molecular flexibility index (Phi) is 5.31. The van der Waals surface area contributed by atoms with Crippen LogP contribution in [0.25, 0.3) is 0 Å². The summed E-state index contributed by atoms with van der Waals surface area (Å²) in [6.07, 6.45) is 7.28. The molecule has 0 radical (unpaired) electrons. The van der Waals surface area contributed by atoms with Crippen LogP contribution in [-0.4, -0.2) is 27.0 Å². The van der Waals surface area contributed by atoms with Gasteiger partial charge in [0.1, 0.15) is 0 Å². The molecule has 3 aliphatic carbocycles. The van der Waals surface area contributed by atoms with Crippen LogP contribution in [0, 0.1) is 23.2 Å². The molecule has 1 amide bonds. The van der Waals surface area contributed by atoms with E-state index in [1.807, 2.05) is 0 Å². The number of aliphatic hydroxyl groups is 1. The number of aliphatic hydroxyl groups excluding tert-OH is 1. The lowest BCUT2D eigenvalue weighted by atomic mass is 9.54. The Bertz CT molecular complexity index is 1070. The lowest BCUT2D eigenvalue weighted by Crippen LogP contribution is -2.44. The number of hydrogen-bond donors (Lipinski definition) is 2. The molecular weight excluding hydrogens is 402 g/mol. The number of nitrogens with zero attached hydrogens (tertiary/aromatic N) is 2. The highest BCUT2D eigenvalue weighted by Gasteiger charge is 2.60. The van der Waals surface area contributed by atoms with Crippen molar-refractivity contribution in [2.24, 2.45) is 23.2 Å². The number of carbonyl (C=O) groups is 2. The van der Waals surface area contributed by atoms with Gasteiger partial charge in [0.05, 0.1) is 6.26 Å². The second-order valence-corrected chi connectivity index (χ2v) is 9.71. The van der Waals surface area contributed by atoms with Crippen LogP contribution in [0.3, 0.4) is 0 Å². The van der Waals surface area contributed by atoms with Gasteiger partial charge in [-0.15, -0.1) is 5.10 Å². The summed E-state index contributed by atoms with van der Waals surface area (Å²) < 4.78 is 0. The van der Waals surface area contributed by atoms with Gasteiger partial charge in [-0.3, -0.25) is 9.59 Å². The fraction of sp³-hybridized carbons (Fsp3) is 0.462. The first-order valence-electron chi connectivity index (χ1n) is 11.6. The molecule has 5 atom stereocenters. The summed E-state index contributed by atoms with van der Waals surface area (Å²) in [4.78, 5) is 26.0. The van der Waals surface area contributed by atoms with Gasteiger partial charge in [-0.1, -0.05) is 31.2 Å². The summed E-state index contributed by atoms with van der Waals surface area (Å²) in [6, 6.07) is 12.1. The average molecular weight is 432 g/mol. The van der Waals surface area contributed by atoms with Crippen molar-refractivity contribution in [3.8, 4) is 0 Å². The summed E-state index contributed by atoms with van der Waals surface area (Å²) in [5, 5.41) is 20.5. The number of rotatable bonds is 4. The Hall–Kier alpha value is -3.02. The summed E-state index contributed by atoms with van der Waals surface area (Å²) in [5.41, 5.74) is 2.90. The molecule has 0 bridgehead atoms. The van der Waals surface area contributed by atoms with Crippen molar-refractivity contribution in [3.63, 3.8) is 0 Å². The number of ketones is 1. The molecule has 2 aromatic rings. The van der Waals surface area contributed by atoms with Gasteiger partial charge >= 0.3 is 0 Å². The Balaban J connectivity index is 1.40. The van der Waals surface area contributed by atoms with E-state index >= 15 is 0 Å². The van der Waals surface area contributed by atoms with Gasteiger partial charge in [0.25, 0.3) is 0 Å². The maximum absolute atomic E-state index is 13.4. The van der Waals surface area contributed by atoms with Crippen molar-refractivity contribution in [3.05, 3.63) is 65.6 Å². The van der Waals surface area contributed by atoms with Crippen LogP contribution in [0.5, 0.6) is 0 Å². The summed E-state index contributed by atoms with van der Waals surface area (Å²) >= 11 is 0. The first-order chi connectivity index (χ1) is 15.5. The lowest BCUT2D eigenvalue weighted by molar-refractivity contribution is -0.127. The Morgan fingerprint density at radius 3 is 2.88 bits per heavy atom. The highest BCUT2D eigenvalue weighted by Crippen LogP contribution is 2.63. The molecule has 3 unspecified atom stereocenters. The molecule has 6 heteroatoms. The minimum atomic E-state index is -0.464. The van der Waals surface area contributed by atoms with E-state index in [4.69, 9.17) is 0 Å². The predicted molar refractivity (Wildman–Crippen MR) is 121 cm³/mol. The van der Waals surface area contributed by atoms with E-state index in [-0.39, 0.29) is 29.9 Å². The number of Topliss-reactive ketones (excluding diaryl/α,β-unsaturated/α-hetero) is 1. The molecule has 3 aliphatic rings. The molecule has 1 aromatic heterocycles. The molecule has 0 aliphatic heterocycles. The van der Waals surface area contributed by atoms with Gasteiger partial charge in [-0.2, -0.15) is 5.10 Å². The highest BCUT2D eigenvalue weighted by molar-refractivity contribution is 6.03. The number of aryl methyl sites for hydroxylation is 1. The van der Waals surface area contributed by atoms with Gasteiger partial charge in [-0.05, 0) is 79.0 Å². The number of fused-ring (bicyclic) bond motifs is 5. The van der Waals surface area contributed by atoms with Crippen molar-refractivity contribution in [2.45, 2.75) is 51.4 Å². The summed E-state index contributed by atoms with van der Waals surface area (Å²) in [7, 11) is 0. The molecule has 1 heterocycles. The third-order valence-electron chi connectivity index (χ3n) is 8.17. The number of anilines is 1. The maximum Gasteiger partial charge on any atom is 0.225 e. The van der Waals surface area contributed by atoms with E-state index in [0.717, 1.165) is 31.9 Å². The lowest BCUT2D eigenvalue weighted by Gasteiger charge is -2.49. The fourth-order valence-electron chi connectivity index (χ4n) is 6.82. The molecule has 166 valence electrons. The van der Waals surface area contributed by atoms with E-state index in [9.17, 15) is 14.7 Å². The van der Waals surface area contributed by atoms with Crippen LogP contribution < -0.4 is 5.32 Å². The number of benzene rings is 1. The largest absolute Gasteiger partial charge is 0.515 e. The normalized spacial score (nSPS) is 32.2. The van der Waals surface area contributed by atoms with E-state index in [0.29, 0.717) is 29.6 Å². The van der Waals surface area contributed by atoms with E-state index in [2.05, 4.69) is 46.7 Å². The van der Waals surface area contributed by atoms with Gasteiger partial charge in [-0.25, -0.2) is 0 Å². The highest BCUT2D eigenvalue weighted by atomic mass is 16.2. The fourth-order valence-corrected chi connectivity index (χ4v) is 6.82. The van der Waals surface area contributed by atoms with Crippen LogP contribution in [0.15, 0.2) is 54.4 Å². The van der Waals surface area contributed by atoms with Crippen molar-refractivity contribution in [1.29, 1.82) is 0 Å². The molecule has 6 nitrogen and oxygen atoms in total. The second kappa shape index (κ2) is 8.15. The Morgan fingerprint density at radius 1 is 1.25 bits per heavy atom. The molecule has 1 aromatic carbocycles. The number of allylic oxidation sites excluding steroid dienone is 1. The van der Waals surface area contributed by atoms with Crippen molar-refractivity contribution in [1.82, 2.24) is 10.2 Å². The Morgan fingerprint density at radius 2 is 2.09 bits per heavy atom. The molecule has 0 saturated heterocycles. The quantitative estimate of drug-likeness (QED) is 0.545. The smallest absolute Gasteiger partial charge is 0.225 e. The van der Waals surface area contributed by atoms with Gasteiger partial charge in [0.2, 0.25) is 5.91 Å². The van der Waals surface area contributed by atoms with E-state index in [1.165, 1.54) is 11.1 Å².